The number of nitrogens with one attached hydrogen (secondary N) is 2. The first-order valence-electron chi connectivity index (χ1n) is 6.73. The summed E-state index contributed by atoms with van der Waals surface area (Å²) in [6, 6.07) is 9.16. The van der Waals surface area contributed by atoms with Crippen LogP contribution < -0.4 is 10.6 Å². The van der Waals surface area contributed by atoms with E-state index in [1.54, 1.807) is 0 Å². The highest BCUT2D eigenvalue weighted by Gasteiger charge is 2.13. The summed E-state index contributed by atoms with van der Waals surface area (Å²) in [4.78, 5) is 34.4. The zero-order valence-electron chi connectivity index (χ0n) is 12.2. The third-order valence-electron chi connectivity index (χ3n) is 2.96. The summed E-state index contributed by atoms with van der Waals surface area (Å²) in [5, 5.41) is 13.4. The van der Waals surface area contributed by atoms with E-state index in [0.29, 0.717) is 0 Å². The highest BCUT2D eigenvalue weighted by atomic mass is 35.5. The molecular weight excluding hydrogens is 339 g/mol. The van der Waals surface area contributed by atoms with Crippen molar-refractivity contribution in [2.75, 3.05) is 11.9 Å². The quantitative estimate of drug-likeness (QED) is 0.772. The van der Waals surface area contributed by atoms with E-state index in [9.17, 15) is 18.8 Å². The van der Waals surface area contributed by atoms with Crippen molar-refractivity contribution in [3.05, 3.63) is 64.4 Å². The van der Waals surface area contributed by atoms with Crippen molar-refractivity contribution in [1.82, 2.24) is 5.32 Å². The van der Waals surface area contributed by atoms with Gasteiger partial charge in [0.2, 0.25) is 0 Å². The van der Waals surface area contributed by atoms with E-state index < -0.39 is 30.1 Å². The molecule has 2 aromatic rings. The Morgan fingerprint density at radius 1 is 1.04 bits per heavy atom. The molecule has 8 heteroatoms. The standard InChI is InChI=1S/C16H12ClFN2O4/c17-12-5-4-10(15(23)19-8-14(21)22)7-13(12)20-16(24)9-2-1-3-11(18)6-9/h1-7H,8H2,(H,19,23)(H,20,24)(H,21,22). The molecule has 2 rings (SSSR count). The average molecular weight is 351 g/mol. The summed E-state index contributed by atoms with van der Waals surface area (Å²) in [6.07, 6.45) is 0. The lowest BCUT2D eigenvalue weighted by atomic mass is 10.1. The third-order valence-corrected chi connectivity index (χ3v) is 3.29. The topological polar surface area (TPSA) is 95.5 Å². The van der Waals surface area contributed by atoms with Crippen LogP contribution in [0.5, 0.6) is 0 Å². The first-order valence-corrected chi connectivity index (χ1v) is 7.11. The van der Waals surface area contributed by atoms with Gasteiger partial charge in [-0.3, -0.25) is 14.4 Å². The van der Waals surface area contributed by atoms with Gasteiger partial charge in [-0.2, -0.15) is 0 Å². The van der Waals surface area contributed by atoms with Gasteiger partial charge < -0.3 is 15.7 Å². The second kappa shape index (κ2) is 7.56. The van der Waals surface area contributed by atoms with Gasteiger partial charge >= 0.3 is 5.97 Å². The minimum absolute atomic E-state index is 0.0896. The number of rotatable bonds is 5. The molecule has 2 amide bonds. The van der Waals surface area contributed by atoms with Crippen molar-refractivity contribution < 1.29 is 23.9 Å². The summed E-state index contributed by atoms with van der Waals surface area (Å²) < 4.78 is 13.2. The number of hydrogen-bond donors (Lipinski definition) is 3. The number of carbonyl (C=O) groups excluding carboxylic acids is 2. The Labute approximate surface area is 141 Å². The molecular formula is C16H12ClFN2O4. The molecule has 0 bridgehead atoms. The zero-order chi connectivity index (χ0) is 17.7. The van der Waals surface area contributed by atoms with Gasteiger partial charge in [-0.15, -0.1) is 0 Å². The third kappa shape index (κ3) is 4.53. The number of carbonyl (C=O) groups is 3. The molecule has 3 N–H and O–H groups in total. The number of aliphatic carboxylic acids is 1. The van der Waals surface area contributed by atoms with Crippen molar-refractivity contribution >= 4 is 35.1 Å². The molecule has 0 spiro atoms. The minimum atomic E-state index is -1.18. The van der Waals surface area contributed by atoms with Gasteiger partial charge in [-0.25, -0.2) is 4.39 Å². The molecule has 24 heavy (non-hydrogen) atoms. The van der Waals surface area contributed by atoms with E-state index in [0.717, 1.165) is 6.07 Å². The largest absolute Gasteiger partial charge is 0.480 e. The van der Waals surface area contributed by atoms with Gasteiger partial charge in [0.05, 0.1) is 10.7 Å². The van der Waals surface area contributed by atoms with E-state index in [4.69, 9.17) is 16.7 Å². The molecule has 0 aliphatic rings. The Balaban J connectivity index is 2.18. The van der Waals surface area contributed by atoms with Crippen molar-refractivity contribution in [3.8, 4) is 0 Å². The number of halogens is 2. The Kier molecular flexibility index (Phi) is 5.49. The molecule has 0 aliphatic heterocycles. The summed E-state index contributed by atoms with van der Waals surface area (Å²) in [6.45, 7) is -0.535. The maximum Gasteiger partial charge on any atom is 0.322 e. The van der Waals surface area contributed by atoms with Crippen LogP contribution in [-0.2, 0) is 4.79 Å². The second-order valence-electron chi connectivity index (χ2n) is 4.74. The fraction of sp³-hybridized carbons (Fsp3) is 0.0625. The van der Waals surface area contributed by atoms with Gasteiger partial charge in [0.25, 0.3) is 11.8 Å². The van der Waals surface area contributed by atoms with Crippen molar-refractivity contribution in [2.24, 2.45) is 0 Å². The number of hydrogen-bond acceptors (Lipinski definition) is 3. The second-order valence-corrected chi connectivity index (χ2v) is 5.14. The zero-order valence-corrected chi connectivity index (χ0v) is 12.9. The number of amides is 2. The number of carboxylic acid groups (broad SMARTS) is 1. The van der Waals surface area contributed by atoms with Gasteiger partial charge in [0.1, 0.15) is 12.4 Å². The highest BCUT2D eigenvalue weighted by Crippen LogP contribution is 2.24. The Morgan fingerprint density at radius 3 is 2.42 bits per heavy atom. The Bertz CT molecular complexity index is 810. The lowest BCUT2D eigenvalue weighted by molar-refractivity contribution is -0.135. The Morgan fingerprint density at radius 2 is 1.75 bits per heavy atom. The predicted octanol–water partition coefficient (Wildman–Crippen LogP) is 2.55. The molecule has 0 aromatic heterocycles. The minimum Gasteiger partial charge on any atom is -0.480 e. The molecule has 6 nitrogen and oxygen atoms in total. The molecule has 124 valence electrons. The molecule has 0 saturated carbocycles. The maximum atomic E-state index is 13.2. The van der Waals surface area contributed by atoms with Crippen LogP contribution in [0.4, 0.5) is 10.1 Å². The van der Waals surface area contributed by atoms with Crippen molar-refractivity contribution in [1.29, 1.82) is 0 Å². The summed E-state index contributed by atoms with van der Waals surface area (Å²) in [7, 11) is 0. The summed E-state index contributed by atoms with van der Waals surface area (Å²) in [5.41, 5.74) is 0.357. The van der Waals surface area contributed by atoms with Crippen LogP contribution in [0, 0.1) is 5.82 Å². The molecule has 0 heterocycles. The smallest absolute Gasteiger partial charge is 0.322 e. The lowest BCUT2D eigenvalue weighted by Crippen LogP contribution is -2.29. The van der Waals surface area contributed by atoms with Crippen molar-refractivity contribution in [3.63, 3.8) is 0 Å². The fourth-order valence-electron chi connectivity index (χ4n) is 1.84. The Hall–Kier alpha value is -2.93. The molecule has 0 saturated heterocycles. The molecule has 0 fully saturated rings. The summed E-state index contributed by atoms with van der Waals surface area (Å²) >= 11 is 5.98. The van der Waals surface area contributed by atoms with Crippen LogP contribution in [0.25, 0.3) is 0 Å². The monoisotopic (exact) mass is 350 g/mol. The highest BCUT2D eigenvalue weighted by molar-refractivity contribution is 6.34. The van der Waals surface area contributed by atoms with E-state index in [1.807, 2.05) is 0 Å². The van der Waals surface area contributed by atoms with E-state index in [1.165, 1.54) is 36.4 Å². The molecule has 0 radical (unpaired) electrons. The van der Waals surface area contributed by atoms with E-state index in [2.05, 4.69) is 10.6 Å². The molecule has 2 aromatic carbocycles. The first kappa shape index (κ1) is 17.4. The van der Waals surface area contributed by atoms with Crippen LogP contribution in [0.2, 0.25) is 5.02 Å². The normalized spacial score (nSPS) is 10.1. The summed E-state index contributed by atoms with van der Waals surface area (Å²) in [5.74, 6) is -2.97. The van der Waals surface area contributed by atoms with Gasteiger partial charge in [-0.05, 0) is 36.4 Å². The lowest BCUT2D eigenvalue weighted by Gasteiger charge is -2.10. The van der Waals surface area contributed by atoms with E-state index in [-0.39, 0.29) is 21.8 Å². The fourth-order valence-corrected chi connectivity index (χ4v) is 2.01. The van der Waals surface area contributed by atoms with E-state index >= 15 is 0 Å². The van der Waals surface area contributed by atoms with Crippen LogP contribution in [0.1, 0.15) is 20.7 Å². The van der Waals surface area contributed by atoms with Gasteiger partial charge in [-0.1, -0.05) is 17.7 Å². The van der Waals surface area contributed by atoms with Gasteiger partial charge in [0, 0.05) is 11.1 Å². The average Bonchev–Trinajstić information content (AvgIpc) is 2.54. The molecule has 0 atom stereocenters. The van der Waals surface area contributed by atoms with Crippen molar-refractivity contribution in [2.45, 2.75) is 0 Å². The van der Waals surface area contributed by atoms with Crippen LogP contribution >= 0.6 is 11.6 Å². The molecule has 0 aliphatic carbocycles. The number of carboxylic acids is 1. The van der Waals surface area contributed by atoms with Gasteiger partial charge in [0.15, 0.2) is 0 Å². The molecule has 0 unspecified atom stereocenters. The first-order chi connectivity index (χ1) is 11.4. The maximum absolute atomic E-state index is 13.2. The predicted molar refractivity (Wildman–Crippen MR) is 85.8 cm³/mol. The SMILES string of the molecule is O=C(O)CNC(=O)c1ccc(Cl)c(NC(=O)c2cccc(F)c2)c1. The number of benzene rings is 2. The number of anilines is 1. The van der Waals surface area contributed by atoms with Crippen LogP contribution in [-0.4, -0.2) is 29.4 Å². The van der Waals surface area contributed by atoms with Crippen LogP contribution in [0.15, 0.2) is 42.5 Å². The van der Waals surface area contributed by atoms with Crippen LogP contribution in [0.3, 0.4) is 0 Å².